The lowest BCUT2D eigenvalue weighted by molar-refractivity contribution is -0.0600. The zero-order valence-electron chi connectivity index (χ0n) is 18.3. The normalized spacial score (nSPS) is 19.8. The summed E-state index contributed by atoms with van der Waals surface area (Å²) in [6.45, 7) is 11.1. The highest BCUT2D eigenvalue weighted by atomic mass is 16.6. The number of aryl methyl sites for hydroxylation is 2. The van der Waals surface area contributed by atoms with Gasteiger partial charge in [-0.3, -0.25) is 4.90 Å². The Kier molecular flexibility index (Phi) is 6.63. The van der Waals surface area contributed by atoms with Crippen molar-refractivity contribution in [1.29, 1.82) is 0 Å². The van der Waals surface area contributed by atoms with Gasteiger partial charge in [-0.05, 0) is 58.6 Å². The van der Waals surface area contributed by atoms with E-state index in [0.717, 1.165) is 18.4 Å². The molecule has 0 bridgehead atoms. The minimum atomic E-state index is -0.523. The molecule has 1 aliphatic heterocycles. The molecule has 1 amide bonds. The smallest absolute Gasteiger partial charge is 0.410 e. The Morgan fingerprint density at radius 3 is 2.34 bits per heavy atom. The molecule has 29 heavy (non-hydrogen) atoms. The first kappa shape index (κ1) is 21.4. The molecule has 0 unspecified atom stereocenters. The molecule has 2 aromatic rings. The number of carbonyl (C=O) groups excluding carboxylic acids is 1. The van der Waals surface area contributed by atoms with E-state index >= 15 is 0 Å². The molecule has 0 aliphatic carbocycles. The van der Waals surface area contributed by atoms with Gasteiger partial charge in [-0.2, -0.15) is 0 Å². The number of benzene rings is 2. The molecule has 1 heterocycles. The topological polar surface area (TPSA) is 38.8 Å². The molecule has 0 spiro atoms. The lowest BCUT2D eigenvalue weighted by atomic mass is 9.92. The minimum Gasteiger partial charge on any atom is -0.444 e. The van der Waals surface area contributed by atoms with Crippen LogP contribution in [-0.4, -0.2) is 29.2 Å². The van der Waals surface area contributed by atoms with Crippen LogP contribution in [0.4, 0.5) is 4.79 Å². The van der Waals surface area contributed by atoms with Crippen LogP contribution in [0.1, 0.15) is 61.9 Å². The van der Waals surface area contributed by atoms with Crippen LogP contribution in [0, 0.1) is 13.8 Å². The molecule has 3 rings (SSSR count). The van der Waals surface area contributed by atoms with Crippen molar-refractivity contribution in [3.8, 4) is 0 Å². The Balaban J connectivity index is 1.83. The van der Waals surface area contributed by atoms with Gasteiger partial charge in [0.05, 0.1) is 18.8 Å². The van der Waals surface area contributed by atoms with E-state index in [1.165, 1.54) is 16.7 Å². The van der Waals surface area contributed by atoms with Crippen LogP contribution in [0.5, 0.6) is 0 Å². The molecule has 2 aromatic carbocycles. The number of hydrogen-bond acceptors (Lipinski definition) is 3. The van der Waals surface area contributed by atoms with Gasteiger partial charge in [0, 0.05) is 6.54 Å². The fraction of sp³-hybridized carbons (Fsp3) is 0.480. The van der Waals surface area contributed by atoms with Crippen molar-refractivity contribution >= 4 is 6.09 Å². The van der Waals surface area contributed by atoms with Gasteiger partial charge in [0.1, 0.15) is 5.60 Å². The number of hydrogen-bond donors (Lipinski definition) is 0. The van der Waals surface area contributed by atoms with E-state index in [-0.39, 0.29) is 18.2 Å². The number of ether oxygens (including phenoxy) is 2. The van der Waals surface area contributed by atoms with Gasteiger partial charge in [0.15, 0.2) is 0 Å². The van der Waals surface area contributed by atoms with Gasteiger partial charge in [0.2, 0.25) is 0 Å². The van der Waals surface area contributed by atoms with E-state index in [4.69, 9.17) is 9.47 Å². The van der Waals surface area contributed by atoms with E-state index in [1.807, 2.05) is 43.9 Å². The van der Waals surface area contributed by atoms with E-state index in [2.05, 4.69) is 44.2 Å². The van der Waals surface area contributed by atoms with Gasteiger partial charge in [0.25, 0.3) is 0 Å². The standard InChI is InChI=1S/C25H33NO3/c1-18-14-19(2)16-20(15-18)17-28-22-12-9-13-26(24(27)29-25(3,4)5)23(22)21-10-7-6-8-11-21/h6-8,10-11,14-16,22-23H,9,12-13,17H2,1-5H3/t22-,23+/m0/s1. The van der Waals surface area contributed by atoms with E-state index in [9.17, 15) is 4.79 Å². The summed E-state index contributed by atoms with van der Waals surface area (Å²) in [7, 11) is 0. The van der Waals surface area contributed by atoms with E-state index in [1.54, 1.807) is 0 Å². The Bertz CT molecular complexity index is 805. The first-order valence-corrected chi connectivity index (χ1v) is 10.5. The van der Waals surface area contributed by atoms with Gasteiger partial charge in [-0.25, -0.2) is 4.79 Å². The third-order valence-corrected chi connectivity index (χ3v) is 5.09. The summed E-state index contributed by atoms with van der Waals surface area (Å²) in [5.41, 5.74) is 4.21. The lowest BCUT2D eigenvalue weighted by Gasteiger charge is -2.41. The second-order valence-electron chi connectivity index (χ2n) is 9.02. The third kappa shape index (κ3) is 5.83. The Morgan fingerprint density at radius 2 is 1.72 bits per heavy atom. The maximum Gasteiger partial charge on any atom is 0.410 e. The predicted molar refractivity (Wildman–Crippen MR) is 116 cm³/mol. The fourth-order valence-corrected chi connectivity index (χ4v) is 4.06. The maximum absolute atomic E-state index is 13.0. The molecular formula is C25H33NO3. The SMILES string of the molecule is Cc1cc(C)cc(CO[C@H]2CCCN(C(=O)OC(C)(C)C)[C@@H]2c2ccccc2)c1. The molecular weight excluding hydrogens is 362 g/mol. The van der Waals surface area contributed by atoms with E-state index < -0.39 is 5.60 Å². The summed E-state index contributed by atoms with van der Waals surface area (Å²) in [6.07, 6.45) is 1.48. The monoisotopic (exact) mass is 395 g/mol. The van der Waals surface area contributed by atoms with Gasteiger partial charge >= 0.3 is 6.09 Å². The number of rotatable bonds is 4. The molecule has 1 saturated heterocycles. The van der Waals surface area contributed by atoms with Crippen molar-refractivity contribution in [3.63, 3.8) is 0 Å². The zero-order chi connectivity index (χ0) is 21.0. The molecule has 0 N–H and O–H groups in total. The molecule has 0 radical (unpaired) electrons. The molecule has 0 aromatic heterocycles. The van der Waals surface area contributed by atoms with Crippen molar-refractivity contribution in [3.05, 3.63) is 70.8 Å². The Hall–Kier alpha value is -2.33. The summed E-state index contributed by atoms with van der Waals surface area (Å²) >= 11 is 0. The Morgan fingerprint density at radius 1 is 1.07 bits per heavy atom. The van der Waals surface area contributed by atoms with Crippen LogP contribution >= 0.6 is 0 Å². The number of nitrogens with zero attached hydrogens (tertiary/aromatic N) is 1. The van der Waals surface area contributed by atoms with Crippen molar-refractivity contribution in [1.82, 2.24) is 4.90 Å². The molecule has 4 heteroatoms. The van der Waals surface area contributed by atoms with Crippen molar-refractivity contribution < 1.29 is 14.3 Å². The zero-order valence-corrected chi connectivity index (χ0v) is 18.3. The highest BCUT2D eigenvalue weighted by molar-refractivity contribution is 5.69. The van der Waals surface area contributed by atoms with Crippen molar-refractivity contribution in [2.45, 2.75) is 71.8 Å². The number of amides is 1. The molecule has 1 aliphatic rings. The van der Waals surface area contributed by atoms with Gasteiger partial charge in [-0.15, -0.1) is 0 Å². The third-order valence-electron chi connectivity index (χ3n) is 5.09. The summed E-state index contributed by atoms with van der Waals surface area (Å²) in [4.78, 5) is 14.8. The van der Waals surface area contributed by atoms with Crippen LogP contribution in [0.3, 0.4) is 0 Å². The highest BCUT2D eigenvalue weighted by Gasteiger charge is 2.38. The summed E-state index contributed by atoms with van der Waals surface area (Å²) < 4.78 is 12.1. The van der Waals surface area contributed by atoms with Crippen molar-refractivity contribution in [2.24, 2.45) is 0 Å². The predicted octanol–water partition coefficient (Wildman–Crippen LogP) is 5.96. The highest BCUT2D eigenvalue weighted by Crippen LogP contribution is 2.35. The first-order valence-electron chi connectivity index (χ1n) is 10.5. The minimum absolute atomic E-state index is 0.0699. The van der Waals surface area contributed by atoms with Crippen LogP contribution < -0.4 is 0 Å². The quantitative estimate of drug-likeness (QED) is 0.641. The summed E-state index contributed by atoms with van der Waals surface area (Å²) in [6, 6.07) is 16.5. The molecule has 2 atom stereocenters. The number of carbonyl (C=O) groups is 1. The van der Waals surface area contributed by atoms with Crippen molar-refractivity contribution in [2.75, 3.05) is 6.54 Å². The average molecular weight is 396 g/mol. The second-order valence-corrected chi connectivity index (χ2v) is 9.02. The van der Waals surface area contributed by atoms with E-state index in [0.29, 0.717) is 13.2 Å². The molecule has 4 nitrogen and oxygen atoms in total. The van der Waals surface area contributed by atoms with Crippen LogP contribution in [0.15, 0.2) is 48.5 Å². The molecule has 1 fully saturated rings. The number of likely N-dealkylation sites (tertiary alicyclic amines) is 1. The van der Waals surface area contributed by atoms with Gasteiger partial charge < -0.3 is 9.47 Å². The first-order chi connectivity index (χ1) is 13.7. The Labute approximate surface area is 174 Å². The van der Waals surface area contributed by atoms with Crippen LogP contribution in [-0.2, 0) is 16.1 Å². The summed E-state index contributed by atoms with van der Waals surface area (Å²) in [5, 5.41) is 0. The molecule has 156 valence electrons. The van der Waals surface area contributed by atoms with Crippen LogP contribution in [0.2, 0.25) is 0 Å². The average Bonchev–Trinajstić information content (AvgIpc) is 2.64. The second kappa shape index (κ2) is 9.00. The fourth-order valence-electron chi connectivity index (χ4n) is 4.06. The largest absolute Gasteiger partial charge is 0.444 e. The summed E-state index contributed by atoms with van der Waals surface area (Å²) in [5.74, 6) is 0. The van der Waals surface area contributed by atoms with Crippen LogP contribution in [0.25, 0.3) is 0 Å². The molecule has 0 saturated carbocycles. The lowest BCUT2D eigenvalue weighted by Crippen LogP contribution is -2.47. The number of piperidine rings is 1. The maximum atomic E-state index is 13.0. The van der Waals surface area contributed by atoms with Gasteiger partial charge in [-0.1, -0.05) is 59.7 Å².